The Kier molecular flexibility index (Phi) is 4.95. The van der Waals surface area contributed by atoms with Gasteiger partial charge in [0.05, 0.1) is 23.7 Å². The summed E-state index contributed by atoms with van der Waals surface area (Å²) >= 11 is 0. The predicted octanol–water partition coefficient (Wildman–Crippen LogP) is 3.71. The van der Waals surface area contributed by atoms with Crippen molar-refractivity contribution in [2.75, 3.05) is 0 Å². The SMILES string of the molecule is N#CCc1cccc(-c2ccc(=N)n(C(=N)Cc3ccc4ncccc4c3)n2)c1. The second kappa shape index (κ2) is 7.87. The van der Waals surface area contributed by atoms with Crippen molar-refractivity contribution in [3.63, 3.8) is 0 Å². The van der Waals surface area contributed by atoms with Crippen molar-refractivity contribution in [2.24, 2.45) is 0 Å². The Morgan fingerprint density at radius 3 is 2.76 bits per heavy atom. The highest BCUT2D eigenvalue weighted by Gasteiger charge is 2.09. The molecular weight excluding hydrogens is 360 g/mol. The van der Waals surface area contributed by atoms with Gasteiger partial charge < -0.3 is 0 Å². The minimum atomic E-state index is 0.148. The van der Waals surface area contributed by atoms with Gasteiger partial charge >= 0.3 is 0 Å². The van der Waals surface area contributed by atoms with E-state index < -0.39 is 0 Å². The van der Waals surface area contributed by atoms with Gasteiger partial charge in [-0.05, 0) is 47.5 Å². The Morgan fingerprint density at radius 1 is 1.00 bits per heavy atom. The molecule has 0 amide bonds. The van der Waals surface area contributed by atoms with Crippen molar-refractivity contribution in [1.82, 2.24) is 14.8 Å². The van der Waals surface area contributed by atoms with Crippen LogP contribution in [0.5, 0.6) is 0 Å². The molecule has 2 aromatic carbocycles. The molecule has 140 valence electrons. The Morgan fingerprint density at radius 2 is 1.90 bits per heavy atom. The highest BCUT2D eigenvalue weighted by molar-refractivity contribution is 5.85. The number of nitriles is 1. The van der Waals surface area contributed by atoms with Crippen LogP contribution in [0.3, 0.4) is 0 Å². The second-order valence-corrected chi connectivity index (χ2v) is 6.70. The number of fused-ring (bicyclic) bond motifs is 1. The molecule has 0 unspecified atom stereocenters. The standard InChI is InChI=1S/C23H18N6/c24-11-10-16-3-1-4-19(13-16)21-8-9-22(25)29(28-21)23(26)15-17-6-7-20-18(14-17)5-2-12-27-20/h1-9,12-14,25-26H,10,15H2. The molecule has 29 heavy (non-hydrogen) atoms. The fraction of sp³-hybridized carbons (Fsp3) is 0.0870. The van der Waals surface area contributed by atoms with Gasteiger partial charge in [0.1, 0.15) is 11.3 Å². The largest absolute Gasteiger partial charge is 0.286 e. The van der Waals surface area contributed by atoms with Crippen LogP contribution in [0.2, 0.25) is 0 Å². The van der Waals surface area contributed by atoms with Gasteiger partial charge in [-0.1, -0.05) is 30.3 Å². The van der Waals surface area contributed by atoms with E-state index in [0.29, 0.717) is 18.5 Å². The number of aromatic nitrogens is 3. The van der Waals surface area contributed by atoms with E-state index in [1.807, 2.05) is 54.6 Å². The molecule has 0 atom stereocenters. The molecule has 2 aromatic heterocycles. The lowest BCUT2D eigenvalue weighted by Gasteiger charge is -2.11. The van der Waals surface area contributed by atoms with E-state index in [1.54, 1.807) is 18.3 Å². The molecule has 0 radical (unpaired) electrons. The minimum Gasteiger partial charge on any atom is -0.286 e. The first-order chi connectivity index (χ1) is 14.1. The van der Waals surface area contributed by atoms with E-state index in [-0.39, 0.29) is 11.3 Å². The Balaban J connectivity index is 1.64. The molecule has 2 heterocycles. The Labute approximate surface area is 167 Å². The van der Waals surface area contributed by atoms with E-state index >= 15 is 0 Å². The first kappa shape index (κ1) is 18.3. The summed E-state index contributed by atoms with van der Waals surface area (Å²) in [6, 6.07) is 22.9. The summed E-state index contributed by atoms with van der Waals surface area (Å²) in [5.74, 6) is 0.216. The van der Waals surface area contributed by atoms with Crippen molar-refractivity contribution in [3.05, 3.63) is 89.5 Å². The molecule has 0 saturated heterocycles. The average Bonchev–Trinajstić information content (AvgIpc) is 2.74. The molecule has 6 nitrogen and oxygen atoms in total. The van der Waals surface area contributed by atoms with Crippen molar-refractivity contribution < 1.29 is 0 Å². The highest BCUT2D eigenvalue weighted by atomic mass is 15.3. The van der Waals surface area contributed by atoms with Crippen LogP contribution >= 0.6 is 0 Å². The highest BCUT2D eigenvalue weighted by Crippen LogP contribution is 2.18. The number of nitrogens with one attached hydrogen (secondary N) is 2. The van der Waals surface area contributed by atoms with Crippen LogP contribution in [0.4, 0.5) is 0 Å². The molecule has 6 heteroatoms. The Bertz CT molecular complexity index is 1310. The number of benzene rings is 2. The third kappa shape index (κ3) is 3.94. The van der Waals surface area contributed by atoms with Crippen LogP contribution in [0.25, 0.3) is 22.2 Å². The third-order valence-electron chi connectivity index (χ3n) is 4.64. The smallest absolute Gasteiger partial charge is 0.148 e. The maximum atomic E-state index is 8.91. The lowest BCUT2D eigenvalue weighted by atomic mass is 10.1. The summed E-state index contributed by atoms with van der Waals surface area (Å²) < 4.78 is 1.35. The molecule has 0 spiro atoms. The van der Waals surface area contributed by atoms with Gasteiger partial charge in [-0.2, -0.15) is 10.4 Å². The molecule has 0 aliphatic heterocycles. The number of hydrogen-bond acceptors (Lipinski definition) is 5. The molecule has 4 rings (SSSR count). The lowest BCUT2D eigenvalue weighted by Crippen LogP contribution is -2.30. The van der Waals surface area contributed by atoms with Crippen molar-refractivity contribution in [2.45, 2.75) is 12.8 Å². The molecule has 0 fully saturated rings. The van der Waals surface area contributed by atoms with Crippen LogP contribution in [-0.4, -0.2) is 20.6 Å². The quantitative estimate of drug-likeness (QED) is 0.418. The Hall–Kier alpha value is -4.11. The van der Waals surface area contributed by atoms with Gasteiger partial charge in [0.2, 0.25) is 0 Å². The van der Waals surface area contributed by atoms with E-state index in [2.05, 4.69) is 16.2 Å². The van der Waals surface area contributed by atoms with Crippen LogP contribution in [-0.2, 0) is 12.8 Å². The zero-order chi connectivity index (χ0) is 20.2. The molecular formula is C23H18N6. The van der Waals surface area contributed by atoms with E-state index in [4.69, 9.17) is 16.1 Å². The maximum Gasteiger partial charge on any atom is 0.148 e. The minimum absolute atomic E-state index is 0.148. The zero-order valence-electron chi connectivity index (χ0n) is 15.6. The summed E-state index contributed by atoms with van der Waals surface area (Å²) in [5, 5.41) is 31.1. The van der Waals surface area contributed by atoms with Crippen molar-refractivity contribution in [3.8, 4) is 17.3 Å². The zero-order valence-corrected chi connectivity index (χ0v) is 15.6. The number of pyridine rings is 1. The summed E-state index contributed by atoms with van der Waals surface area (Å²) in [7, 11) is 0. The molecule has 0 aliphatic rings. The monoisotopic (exact) mass is 378 g/mol. The topological polar surface area (TPSA) is 102 Å². The summed E-state index contributed by atoms with van der Waals surface area (Å²) in [6.07, 6.45) is 2.44. The van der Waals surface area contributed by atoms with E-state index in [9.17, 15) is 0 Å². The van der Waals surface area contributed by atoms with Crippen LogP contribution in [0.1, 0.15) is 11.1 Å². The molecule has 0 saturated carbocycles. The van der Waals surface area contributed by atoms with Gasteiger partial charge in [0, 0.05) is 23.6 Å². The van der Waals surface area contributed by atoms with Gasteiger partial charge in [-0.25, -0.2) is 4.68 Å². The van der Waals surface area contributed by atoms with Crippen LogP contribution < -0.4 is 5.49 Å². The molecule has 4 aromatic rings. The normalized spacial score (nSPS) is 10.6. The first-order valence-electron chi connectivity index (χ1n) is 9.17. The van der Waals surface area contributed by atoms with Gasteiger partial charge in [0.25, 0.3) is 0 Å². The first-order valence-corrected chi connectivity index (χ1v) is 9.17. The number of nitrogens with zero attached hydrogens (tertiary/aromatic N) is 4. The third-order valence-corrected chi connectivity index (χ3v) is 4.64. The fourth-order valence-corrected chi connectivity index (χ4v) is 3.22. The summed E-state index contributed by atoms with van der Waals surface area (Å²) in [5.41, 5.74) is 4.45. The van der Waals surface area contributed by atoms with Gasteiger partial charge in [0.15, 0.2) is 0 Å². The van der Waals surface area contributed by atoms with Crippen molar-refractivity contribution in [1.29, 1.82) is 16.1 Å². The van der Waals surface area contributed by atoms with E-state index in [0.717, 1.165) is 27.6 Å². The predicted molar refractivity (Wildman–Crippen MR) is 111 cm³/mol. The summed E-state index contributed by atoms with van der Waals surface area (Å²) in [4.78, 5) is 4.32. The number of rotatable bonds is 4. The fourth-order valence-electron chi connectivity index (χ4n) is 3.22. The summed E-state index contributed by atoms with van der Waals surface area (Å²) in [6.45, 7) is 0. The van der Waals surface area contributed by atoms with Crippen LogP contribution in [0, 0.1) is 22.1 Å². The lowest BCUT2D eigenvalue weighted by molar-refractivity contribution is 0.799. The average molecular weight is 378 g/mol. The maximum absolute atomic E-state index is 8.91. The van der Waals surface area contributed by atoms with Gasteiger partial charge in [-0.15, -0.1) is 0 Å². The molecule has 2 N–H and O–H groups in total. The van der Waals surface area contributed by atoms with Gasteiger partial charge in [-0.3, -0.25) is 15.8 Å². The van der Waals surface area contributed by atoms with E-state index in [1.165, 1.54) is 4.68 Å². The molecule has 0 bridgehead atoms. The number of hydrogen-bond donors (Lipinski definition) is 2. The molecule has 0 aliphatic carbocycles. The van der Waals surface area contributed by atoms with Crippen LogP contribution in [0.15, 0.2) is 72.9 Å². The second-order valence-electron chi connectivity index (χ2n) is 6.70. The van der Waals surface area contributed by atoms with Crippen molar-refractivity contribution >= 4 is 16.7 Å².